The zero-order valence-corrected chi connectivity index (χ0v) is 13.2. The summed E-state index contributed by atoms with van der Waals surface area (Å²) in [6.07, 6.45) is 6.29. The molecular weight excluding hydrogens is 284 g/mol. The Morgan fingerprint density at radius 3 is 2.00 bits per heavy atom. The van der Waals surface area contributed by atoms with Gasteiger partial charge in [-0.2, -0.15) is 0 Å². The van der Waals surface area contributed by atoms with Crippen LogP contribution in [0.4, 0.5) is 0 Å². The predicted octanol–water partition coefficient (Wildman–Crippen LogP) is 4.96. The highest BCUT2D eigenvalue weighted by Crippen LogP contribution is 2.30. The summed E-state index contributed by atoms with van der Waals surface area (Å²) < 4.78 is 0. The van der Waals surface area contributed by atoms with Crippen molar-refractivity contribution in [2.75, 3.05) is 5.88 Å². The average Bonchev–Trinajstić information content (AvgIpc) is 2.52. The summed E-state index contributed by atoms with van der Waals surface area (Å²) in [6.45, 7) is 2.17. The highest BCUT2D eigenvalue weighted by molar-refractivity contribution is 6.32. The van der Waals surface area contributed by atoms with Crippen molar-refractivity contribution in [2.45, 2.75) is 45.4 Å². The molecule has 0 fully saturated rings. The molecule has 3 heteroatoms. The highest BCUT2D eigenvalue weighted by Gasteiger charge is 2.30. The first-order valence-electron chi connectivity index (χ1n) is 7.67. The van der Waals surface area contributed by atoms with E-state index in [1.54, 1.807) is 24.3 Å². The number of carbonyl (C=O) groups is 2. The quantitative estimate of drug-likeness (QED) is 0.527. The SMILES string of the molecule is CCCCCCCC1=C(CCl)C(=O)c2ccccc2C1=O. The molecule has 0 N–H and O–H groups in total. The third-order valence-corrected chi connectivity index (χ3v) is 4.26. The van der Waals surface area contributed by atoms with Gasteiger partial charge in [0.25, 0.3) is 0 Å². The maximum atomic E-state index is 12.6. The summed E-state index contributed by atoms with van der Waals surface area (Å²) in [5, 5.41) is 0. The largest absolute Gasteiger partial charge is 0.289 e. The smallest absolute Gasteiger partial charge is 0.191 e. The number of ketones is 2. The van der Waals surface area contributed by atoms with Gasteiger partial charge in [0.1, 0.15) is 0 Å². The van der Waals surface area contributed by atoms with E-state index >= 15 is 0 Å². The minimum absolute atomic E-state index is 0.0173. The second kappa shape index (κ2) is 7.56. The lowest BCUT2D eigenvalue weighted by Crippen LogP contribution is -2.23. The van der Waals surface area contributed by atoms with Gasteiger partial charge in [0, 0.05) is 22.3 Å². The molecule has 2 nitrogen and oxygen atoms in total. The van der Waals surface area contributed by atoms with Crippen molar-refractivity contribution in [3.63, 3.8) is 0 Å². The van der Waals surface area contributed by atoms with Crippen molar-refractivity contribution in [3.05, 3.63) is 46.5 Å². The van der Waals surface area contributed by atoms with Crippen LogP contribution >= 0.6 is 11.6 Å². The summed E-state index contributed by atoms with van der Waals surface area (Å²) in [5.41, 5.74) is 2.15. The number of fused-ring (bicyclic) bond motifs is 1. The fourth-order valence-corrected chi connectivity index (χ4v) is 3.07. The molecule has 0 amide bonds. The number of rotatable bonds is 7. The zero-order valence-electron chi connectivity index (χ0n) is 12.5. The monoisotopic (exact) mass is 304 g/mol. The standard InChI is InChI=1S/C18H21ClO2/c1-2-3-4-5-6-9-15-16(12-19)18(21)14-11-8-7-10-13(14)17(15)20/h7-8,10-11H,2-6,9,12H2,1H3. The number of allylic oxidation sites excluding steroid dienone is 2. The molecule has 0 heterocycles. The summed E-state index contributed by atoms with van der Waals surface area (Å²) in [7, 11) is 0. The number of carbonyl (C=O) groups excluding carboxylic acids is 2. The van der Waals surface area contributed by atoms with Crippen molar-refractivity contribution in [1.82, 2.24) is 0 Å². The van der Waals surface area contributed by atoms with Gasteiger partial charge >= 0.3 is 0 Å². The predicted molar refractivity (Wildman–Crippen MR) is 86.2 cm³/mol. The van der Waals surface area contributed by atoms with Crippen LogP contribution in [0.15, 0.2) is 35.4 Å². The third kappa shape index (κ3) is 3.44. The summed E-state index contributed by atoms with van der Waals surface area (Å²) in [4.78, 5) is 25.0. The molecule has 0 unspecified atom stereocenters. The van der Waals surface area contributed by atoms with Crippen LogP contribution in [0.5, 0.6) is 0 Å². The van der Waals surface area contributed by atoms with Gasteiger partial charge in [-0.05, 0) is 12.8 Å². The van der Waals surface area contributed by atoms with Gasteiger partial charge < -0.3 is 0 Å². The molecule has 0 radical (unpaired) electrons. The van der Waals surface area contributed by atoms with Gasteiger partial charge in [0.05, 0.1) is 5.88 Å². The van der Waals surface area contributed by atoms with Crippen LogP contribution in [-0.4, -0.2) is 17.4 Å². The van der Waals surface area contributed by atoms with Gasteiger partial charge in [0.15, 0.2) is 11.6 Å². The minimum atomic E-state index is -0.0799. The molecule has 0 aliphatic heterocycles. The van der Waals surface area contributed by atoms with Crippen LogP contribution in [-0.2, 0) is 0 Å². The Morgan fingerprint density at radius 1 is 0.857 bits per heavy atom. The zero-order chi connectivity index (χ0) is 15.2. The Kier molecular flexibility index (Phi) is 5.75. The summed E-state index contributed by atoms with van der Waals surface area (Å²) >= 11 is 5.93. The van der Waals surface area contributed by atoms with Crippen LogP contribution in [0.3, 0.4) is 0 Å². The van der Waals surface area contributed by atoms with E-state index in [4.69, 9.17) is 11.6 Å². The minimum Gasteiger partial charge on any atom is -0.289 e. The average molecular weight is 305 g/mol. The van der Waals surface area contributed by atoms with Crippen molar-refractivity contribution in [1.29, 1.82) is 0 Å². The molecule has 1 aliphatic rings. The van der Waals surface area contributed by atoms with E-state index in [2.05, 4.69) is 6.92 Å². The van der Waals surface area contributed by atoms with E-state index in [1.807, 2.05) is 0 Å². The molecule has 0 spiro atoms. The molecule has 0 bridgehead atoms. The molecule has 0 aromatic heterocycles. The molecule has 1 aromatic carbocycles. The second-order valence-corrected chi connectivity index (χ2v) is 5.73. The highest BCUT2D eigenvalue weighted by atomic mass is 35.5. The van der Waals surface area contributed by atoms with E-state index in [-0.39, 0.29) is 17.4 Å². The molecule has 0 saturated carbocycles. The molecule has 1 aliphatic carbocycles. The van der Waals surface area contributed by atoms with Crippen LogP contribution in [0, 0.1) is 0 Å². The number of hydrogen-bond donors (Lipinski definition) is 0. The lowest BCUT2D eigenvalue weighted by Gasteiger charge is -2.19. The Morgan fingerprint density at radius 2 is 1.43 bits per heavy atom. The van der Waals surface area contributed by atoms with Crippen LogP contribution in [0.1, 0.15) is 66.2 Å². The molecular formula is C18H21ClO2. The Hall–Kier alpha value is -1.41. The maximum absolute atomic E-state index is 12.6. The molecule has 21 heavy (non-hydrogen) atoms. The van der Waals surface area contributed by atoms with Crippen LogP contribution in [0.25, 0.3) is 0 Å². The number of hydrogen-bond acceptors (Lipinski definition) is 2. The first-order chi connectivity index (χ1) is 10.2. The van der Waals surface area contributed by atoms with E-state index in [0.717, 1.165) is 12.8 Å². The number of benzene rings is 1. The molecule has 2 rings (SSSR count). The van der Waals surface area contributed by atoms with Crippen LogP contribution in [0.2, 0.25) is 0 Å². The summed E-state index contributed by atoms with van der Waals surface area (Å²) in [5.74, 6) is 0.0172. The fraction of sp³-hybridized carbons (Fsp3) is 0.444. The van der Waals surface area contributed by atoms with Crippen LogP contribution < -0.4 is 0 Å². The number of Topliss-reactive ketones (excluding diaryl/α,β-unsaturated/α-hetero) is 2. The Labute approximate surface area is 131 Å². The normalized spacial score (nSPS) is 14.6. The molecule has 0 atom stereocenters. The van der Waals surface area contributed by atoms with Gasteiger partial charge in [-0.15, -0.1) is 11.6 Å². The van der Waals surface area contributed by atoms with E-state index in [0.29, 0.717) is 28.7 Å². The van der Waals surface area contributed by atoms with Crippen molar-refractivity contribution < 1.29 is 9.59 Å². The molecule has 1 aromatic rings. The van der Waals surface area contributed by atoms with Gasteiger partial charge in [0.2, 0.25) is 0 Å². The molecule has 0 saturated heterocycles. The van der Waals surface area contributed by atoms with Gasteiger partial charge in [-0.1, -0.05) is 56.9 Å². The fourth-order valence-electron chi connectivity index (χ4n) is 2.79. The van der Waals surface area contributed by atoms with Crippen molar-refractivity contribution in [2.24, 2.45) is 0 Å². The van der Waals surface area contributed by atoms with E-state index < -0.39 is 0 Å². The first-order valence-corrected chi connectivity index (χ1v) is 8.20. The van der Waals surface area contributed by atoms with Crippen molar-refractivity contribution >= 4 is 23.2 Å². The molecule has 112 valence electrons. The first kappa shape index (κ1) is 16.0. The lowest BCUT2D eigenvalue weighted by molar-refractivity contribution is 0.0972. The van der Waals surface area contributed by atoms with Crippen molar-refractivity contribution in [3.8, 4) is 0 Å². The Bertz CT molecular complexity index is 572. The van der Waals surface area contributed by atoms with Gasteiger partial charge in [-0.25, -0.2) is 0 Å². The number of halogens is 1. The maximum Gasteiger partial charge on any atom is 0.191 e. The second-order valence-electron chi connectivity index (χ2n) is 5.46. The van der Waals surface area contributed by atoms with E-state index in [1.165, 1.54) is 19.3 Å². The van der Waals surface area contributed by atoms with Gasteiger partial charge in [-0.3, -0.25) is 9.59 Å². The number of unbranched alkanes of at least 4 members (excludes halogenated alkanes) is 4. The number of alkyl halides is 1. The lowest BCUT2D eigenvalue weighted by atomic mass is 9.82. The van der Waals surface area contributed by atoms with E-state index in [9.17, 15) is 9.59 Å². The third-order valence-electron chi connectivity index (χ3n) is 3.99. The summed E-state index contributed by atoms with van der Waals surface area (Å²) in [6, 6.07) is 7.03. The topological polar surface area (TPSA) is 34.1 Å². The Balaban J connectivity index is 2.18.